The molecule has 1 unspecified atom stereocenters. The molecular formula is C15H16ClNO3. The van der Waals surface area contributed by atoms with Gasteiger partial charge in [0.15, 0.2) is 0 Å². The van der Waals surface area contributed by atoms with Gasteiger partial charge in [-0.05, 0) is 37.6 Å². The fourth-order valence-electron chi connectivity index (χ4n) is 1.93. The standard InChI is InChI=1S/C15H16ClNO3/c1-9(11-3-5-13(16)6-4-11)17-8-12-7-14(15(18)19)20-10(12)2/h3-7,9,17H,8H2,1-2H3,(H,18,19). The first-order chi connectivity index (χ1) is 9.47. The zero-order valence-corrected chi connectivity index (χ0v) is 12.1. The van der Waals surface area contributed by atoms with E-state index in [1.807, 2.05) is 31.2 Å². The molecule has 2 aromatic rings. The van der Waals surface area contributed by atoms with E-state index in [1.54, 1.807) is 13.0 Å². The summed E-state index contributed by atoms with van der Waals surface area (Å²) < 4.78 is 5.17. The first-order valence-electron chi connectivity index (χ1n) is 6.29. The zero-order chi connectivity index (χ0) is 14.7. The van der Waals surface area contributed by atoms with Gasteiger partial charge in [-0.25, -0.2) is 4.79 Å². The molecule has 4 nitrogen and oxygen atoms in total. The molecule has 5 heteroatoms. The number of hydrogen-bond acceptors (Lipinski definition) is 3. The molecule has 1 aromatic carbocycles. The second-order valence-corrected chi connectivity index (χ2v) is 5.09. The summed E-state index contributed by atoms with van der Waals surface area (Å²) in [7, 11) is 0. The molecule has 106 valence electrons. The van der Waals surface area contributed by atoms with E-state index in [4.69, 9.17) is 21.1 Å². The van der Waals surface area contributed by atoms with Crippen LogP contribution in [-0.2, 0) is 6.54 Å². The van der Waals surface area contributed by atoms with Crippen LogP contribution >= 0.6 is 11.6 Å². The average molecular weight is 294 g/mol. The molecule has 1 atom stereocenters. The van der Waals surface area contributed by atoms with Crippen molar-refractivity contribution < 1.29 is 14.3 Å². The highest BCUT2D eigenvalue weighted by atomic mass is 35.5. The Labute approximate surface area is 122 Å². The lowest BCUT2D eigenvalue weighted by molar-refractivity contribution is 0.0661. The Morgan fingerprint density at radius 1 is 1.40 bits per heavy atom. The van der Waals surface area contributed by atoms with Crippen LogP contribution in [0.15, 0.2) is 34.7 Å². The SMILES string of the molecule is Cc1oc(C(=O)O)cc1CNC(C)c1ccc(Cl)cc1. The van der Waals surface area contributed by atoms with E-state index >= 15 is 0 Å². The van der Waals surface area contributed by atoms with E-state index in [1.165, 1.54) is 0 Å². The highest BCUT2D eigenvalue weighted by Gasteiger charge is 2.13. The molecule has 0 saturated carbocycles. The van der Waals surface area contributed by atoms with Crippen LogP contribution in [0.5, 0.6) is 0 Å². The Morgan fingerprint density at radius 2 is 2.05 bits per heavy atom. The molecule has 2 rings (SSSR count). The third kappa shape index (κ3) is 3.40. The number of benzene rings is 1. The molecule has 2 N–H and O–H groups in total. The minimum absolute atomic E-state index is 0.0292. The number of aromatic carboxylic acids is 1. The molecule has 0 saturated heterocycles. The van der Waals surface area contributed by atoms with E-state index in [0.29, 0.717) is 17.3 Å². The molecule has 0 radical (unpaired) electrons. The number of nitrogens with one attached hydrogen (secondary N) is 1. The second kappa shape index (κ2) is 6.11. The zero-order valence-electron chi connectivity index (χ0n) is 11.3. The number of furan rings is 1. The van der Waals surface area contributed by atoms with Crippen LogP contribution in [0, 0.1) is 6.92 Å². The van der Waals surface area contributed by atoms with Crippen LogP contribution in [0.3, 0.4) is 0 Å². The van der Waals surface area contributed by atoms with Gasteiger partial charge in [0.2, 0.25) is 5.76 Å². The number of halogens is 1. The van der Waals surface area contributed by atoms with Crippen molar-refractivity contribution >= 4 is 17.6 Å². The summed E-state index contributed by atoms with van der Waals surface area (Å²) in [5.74, 6) is -0.457. The van der Waals surface area contributed by atoms with Crippen LogP contribution in [0.1, 0.15) is 40.4 Å². The van der Waals surface area contributed by atoms with Crippen molar-refractivity contribution in [3.63, 3.8) is 0 Å². The average Bonchev–Trinajstić information content (AvgIpc) is 2.78. The van der Waals surface area contributed by atoms with Crippen molar-refractivity contribution in [1.29, 1.82) is 0 Å². The van der Waals surface area contributed by atoms with Gasteiger partial charge in [-0.1, -0.05) is 23.7 Å². The molecule has 1 heterocycles. The van der Waals surface area contributed by atoms with Gasteiger partial charge in [0.1, 0.15) is 5.76 Å². The first-order valence-corrected chi connectivity index (χ1v) is 6.66. The maximum atomic E-state index is 10.8. The van der Waals surface area contributed by atoms with Crippen molar-refractivity contribution in [2.75, 3.05) is 0 Å². The quantitative estimate of drug-likeness (QED) is 0.880. The third-order valence-electron chi connectivity index (χ3n) is 3.20. The Balaban J connectivity index is 2.01. The summed E-state index contributed by atoms with van der Waals surface area (Å²) in [6.45, 7) is 4.35. The number of carboxylic acid groups (broad SMARTS) is 1. The Kier molecular flexibility index (Phi) is 4.47. The maximum Gasteiger partial charge on any atom is 0.371 e. The van der Waals surface area contributed by atoms with Crippen LogP contribution < -0.4 is 5.32 Å². The fourth-order valence-corrected chi connectivity index (χ4v) is 2.06. The van der Waals surface area contributed by atoms with Crippen LogP contribution in [-0.4, -0.2) is 11.1 Å². The number of hydrogen-bond donors (Lipinski definition) is 2. The predicted molar refractivity (Wildman–Crippen MR) is 77.1 cm³/mol. The van der Waals surface area contributed by atoms with Crippen LogP contribution in [0.2, 0.25) is 5.02 Å². The van der Waals surface area contributed by atoms with Crippen molar-refractivity contribution in [2.24, 2.45) is 0 Å². The van der Waals surface area contributed by atoms with E-state index < -0.39 is 5.97 Å². The molecule has 0 fully saturated rings. The Morgan fingerprint density at radius 3 is 2.60 bits per heavy atom. The smallest absolute Gasteiger partial charge is 0.371 e. The number of aryl methyl sites for hydroxylation is 1. The highest BCUT2D eigenvalue weighted by molar-refractivity contribution is 6.30. The van der Waals surface area contributed by atoms with Crippen LogP contribution in [0.25, 0.3) is 0 Å². The first kappa shape index (κ1) is 14.6. The lowest BCUT2D eigenvalue weighted by atomic mass is 10.1. The van der Waals surface area contributed by atoms with Gasteiger partial charge < -0.3 is 14.8 Å². The van der Waals surface area contributed by atoms with E-state index in [9.17, 15) is 4.79 Å². The molecule has 0 aliphatic carbocycles. The summed E-state index contributed by atoms with van der Waals surface area (Å²) >= 11 is 5.85. The van der Waals surface area contributed by atoms with E-state index in [-0.39, 0.29) is 11.8 Å². The van der Waals surface area contributed by atoms with E-state index in [2.05, 4.69) is 5.32 Å². The van der Waals surface area contributed by atoms with Gasteiger partial charge in [-0.15, -0.1) is 0 Å². The maximum absolute atomic E-state index is 10.8. The van der Waals surface area contributed by atoms with Crippen molar-refractivity contribution in [3.8, 4) is 0 Å². The van der Waals surface area contributed by atoms with Gasteiger partial charge in [-0.3, -0.25) is 0 Å². The van der Waals surface area contributed by atoms with Gasteiger partial charge in [0.05, 0.1) is 0 Å². The Bertz CT molecular complexity index is 604. The van der Waals surface area contributed by atoms with Gasteiger partial charge in [0, 0.05) is 23.2 Å². The molecule has 1 aromatic heterocycles. The molecule has 0 spiro atoms. The predicted octanol–water partition coefficient (Wildman–Crippen LogP) is 3.79. The molecule has 0 aliphatic heterocycles. The molecule has 0 aliphatic rings. The monoisotopic (exact) mass is 293 g/mol. The van der Waals surface area contributed by atoms with Crippen molar-refractivity contribution in [1.82, 2.24) is 5.32 Å². The lowest BCUT2D eigenvalue weighted by Crippen LogP contribution is -2.18. The molecule has 0 amide bonds. The van der Waals surface area contributed by atoms with E-state index in [0.717, 1.165) is 11.1 Å². The third-order valence-corrected chi connectivity index (χ3v) is 3.45. The number of carboxylic acids is 1. The normalized spacial score (nSPS) is 12.3. The molecular weight excluding hydrogens is 278 g/mol. The number of carbonyl (C=O) groups is 1. The molecule has 20 heavy (non-hydrogen) atoms. The van der Waals surface area contributed by atoms with Gasteiger partial charge >= 0.3 is 5.97 Å². The lowest BCUT2D eigenvalue weighted by Gasteiger charge is -2.13. The summed E-state index contributed by atoms with van der Waals surface area (Å²) in [6, 6.07) is 9.31. The fraction of sp³-hybridized carbons (Fsp3) is 0.267. The number of rotatable bonds is 5. The summed E-state index contributed by atoms with van der Waals surface area (Å²) in [4.78, 5) is 10.8. The second-order valence-electron chi connectivity index (χ2n) is 4.65. The Hall–Kier alpha value is -1.78. The largest absolute Gasteiger partial charge is 0.475 e. The highest BCUT2D eigenvalue weighted by Crippen LogP contribution is 2.19. The van der Waals surface area contributed by atoms with Crippen molar-refractivity contribution in [3.05, 3.63) is 58.0 Å². The molecule has 0 bridgehead atoms. The minimum Gasteiger partial charge on any atom is -0.475 e. The summed E-state index contributed by atoms with van der Waals surface area (Å²) in [5.41, 5.74) is 1.97. The minimum atomic E-state index is -1.05. The van der Waals surface area contributed by atoms with Crippen LogP contribution in [0.4, 0.5) is 0 Å². The van der Waals surface area contributed by atoms with Crippen molar-refractivity contribution in [2.45, 2.75) is 26.4 Å². The summed E-state index contributed by atoms with van der Waals surface area (Å²) in [5, 5.41) is 12.9. The summed E-state index contributed by atoms with van der Waals surface area (Å²) in [6.07, 6.45) is 0. The van der Waals surface area contributed by atoms with Gasteiger partial charge in [-0.2, -0.15) is 0 Å². The van der Waals surface area contributed by atoms with Gasteiger partial charge in [0.25, 0.3) is 0 Å². The topological polar surface area (TPSA) is 62.5 Å².